The first-order chi connectivity index (χ1) is 15.9. The lowest BCUT2D eigenvalue weighted by Gasteiger charge is -2.30. The van der Waals surface area contributed by atoms with Gasteiger partial charge < -0.3 is 25.8 Å². The third kappa shape index (κ3) is 11.0. The Hall–Kier alpha value is -1.97. The smallest absolute Gasteiger partial charge is 0.408 e. The van der Waals surface area contributed by atoms with E-state index >= 15 is 0 Å². The van der Waals surface area contributed by atoms with Crippen LogP contribution in [0.1, 0.15) is 73.1 Å². The molecule has 0 aliphatic heterocycles. The first kappa shape index (κ1) is 30.1. The second-order valence-corrected chi connectivity index (χ2v) is 11.1. The van der Waals surface area contributed by atoms with Gasteiger partial charge in [-0.15, -0.1) is 0 Å². The lowest BCUT2D eigenvalue weighted by molar-refractivity contribution is -0.142. The third-order valence-electron chi connectivity index (χ3n) is 6.18. The largest absolute Gasteiger partial charge is 0.480 e. The molecule has 0 aromatic rings. The Kier molecular flexibility index (Phi) is 12.8. The van der Waals surface area contributed by atoms with Crippen LogP contribution in [-0.2, 0) is 19.1 Å². The molecule has 0 aromatic heterocycles. The summed E-state index contributed by atoms with van der Waals surface area (Å²) >= 11 is 1.55. The number of carboxylic acids is 1. The minimum atomic E-state index is -1.00. The van der Waals surface area contributed by atoms with Crippen LogP contribution in [0.15, 0.2) is 0 Å². The maximum atomic E-state index is 12.8. The van der Waals surface area contributed by atoms with Gasteiger partial charge in [-0.05, 0) is 76.7 Å². The van der Waals surface area contributed by atoms with Crippen LogP contribution >= 0.6 is 11.8 Å². The monoisotopic (exact) mass is 501 g/mol. The van der Waals surface area contributed by atoms with E-state index in [1.54, 1.807) is 32.5 Å². The number of ether oxygens (including phenoxy) is 1. The lowest BCUT2D eigenvalue weighted by Crippen LogP contribution is -2.52. The number of carbonyl (C=O) groups is 4. The molecule has 0 heterocycles. The number of aliphatic carboxylic acids is 1. The molecule has 0 radical (unpaired) electrons. The molecule has 196 valence electrons. The molecule has 1 rings (SSSR count). The van der Waals surface area contributed by atoms with Crippen molar-refractivity contribution in [2.75, 3.05) is 18.6 Å². The van der Waals surface area contributed by atoms with E-state index < -0.39 is 29.7 Å². The summed E-state index contributed by atoms with van der Waals surface area (Å²) in [5.74, 6) is -0.796. The molecule has 1 fully saturated rings. The van der Waals surface area contributed by atoms with Crippen molar-refractivity contribution in [3.8, 4) is 0 Å². The highest BCUT2D eigenvalue weighted by Gasteiger charge is 2.31. The van der Waals surface area contributed by atoms with Crippen molar-refractivity contribution in [3.63, 3.8) is 0 Å². The summed E-state index contributed by atoms with van der Waals surface area (Å²) in [6, 6.07) is -1.54. The minimum Gasteiger partial charge on any atom is -0.480 e. The van der Waals surface area contributed by atoms with Gasteiger partial charge >= 0.3 is 12.1 Å². The van der Waals surface area contributed by atoms with Gasteiger partial charge in [-0.2, -0.15) is 11.8 Å². The molecule has 4 N–H and O–H groups in total. The number of hydrogen-bond acceptors (Lipinski definition) is 6. The first-order valence-electron chi connectivity index (χ1n) is 12.2. The van der Waals surface area contributed by atoms with Crippen LogP contribution in [0.2, 0.25) is 0 Å². The lowest BCUT2D eigenvalue weighted by atomic mass is 9.81. The van der Waals surface area contributed by atoms with Gasteiger partial charge in [0, 0.05) is 12.5 Å². The first-order valence-corrected chi connectivity index (χ1v) is 13.6. The SMILES string of the molecule is CC[C@H](C)[C@H](NC(=O)OC(C)(C)C)C(=O)NCC1CCC(C(=O)N[C@H](CCSC)C(=O)O)CC1. The third-order valence-corrected chi connectivity index (χ3v) is 6.82. The molecule has 0 unspecified atom stereocenters. The van der Waals surface area contributed by atoms with Crippen molar-refractivity contribution >= 4 is 35.6 Å². The molecule has 34 heavy (non-hydrogen) atoms. The topological polar surface area (TPSA) is 134 Å². The second-order valence-electron chi connectivity index (χ2n) is 10.2. The van der Waals surface area contributed by atoms with Crippen molar-refractivity contribution in [3.05, 3.63) is 0 Å². The summed E-state index contributed by atoms with van der Waals surface area (Å²) in [6.07, 6.45) is 5.28. The summed E-state index contributed by atoms with van der Waals surface area (Å²) < 4.78 is 5.30. The Labute approximate surface area is 207 Å². The van der Waals surface area contributed by atoms with Crippen molar-refractivity contribution in [1.29, 1.82) is 0 Å². The van der Waals surface area contributed by atoms with Crippen molar-refractivity contribution in [2.24, 2.45) is 17.8 Å². The van der Waals surface area contributed by atoms with Gasteiger partial charge in [-0.3, -0.25) is 9.59 Å². The van der Waals surface area contributed by atoms with E-state index in [2.05, 4.69) is 16.0 Å². The van der Waals surface area contributed by atoms with Crippen LogP contribution < -0.4 is 16.0 Å². The van der Waals surface area contributed by atoms with E-state index in [0.717, 1.165) is 19.3 Å². The van der Waals surface area contributed by atoms with Crippen LogP contribution in [0.5, 0.6) is 0 Å². The van der Waals surface area contributed by atoms with Crippen LogP contribution in [0, 0.1) is 17.8 Å². The van der Waals surface area contributed by atoms with Gasteiger partial charge in [0.15, 0.2) is 0 Å². The van der Waals surface area contributed by atoms with Crippen LogP contribution in [0.3, 0.4) is 0 Å². The standard InChI is InChI=1S/C24H43N3O6S/c1-7-15(2)19(27-23(32)33-24(3,4)5)21(29)25-14-16-8-10-17(11-9-16)20(28)26-18(22(30)31)12-13-34-6/h15-19H,7-14H2,1-6H3,(H,25,29)(H,26,28)(H,27,32)(H,30,31)/t15-,16?,17?,18+,19-/m0/s1. The number of thioether (sulfide) groups is 1. The number of rotatable bonds is 12. The molecule has 3 atom stereocenters. The number of alkyl carbamates (subject to hydrolysis) is 1. The predicted octanol–water partition coefficient (Wildman–Crippen LogP) is 3.17. The zero-order valence-electron chi connectivity index (χ0n) is 21.4. The zero-order chi connectivity index (χ0) is 25.9. The maximum absolute atomic E-state index is 12.8. The molecular weight excluding hydrogens is 458 g/mol. The van der Waals surface area contributed by atoms with Gasteiger partial charge in [0.25, 0.3) is 0 Å². The van der Waals surface area contributed by atoms with E-state index in [4.69, 9.17) is 4.74 Å². The van der Waals surface area contributed by atoms with E-state index in [1.165, 1.54) is 0 Å². The van der Waals surface area contributed by atoms with E-state index in [-0.39, 0.29) is 29.6 Å². The Balaban J connectivity index is 2.53. The molecule has 1 aliphatic rings. The van der Waals surface area contributed by atoms with Gasteiger partial charge in [-0.1, -0.05) is 20.3 Å². The second kappa shape index (κ2) is 14.4. The van der Waals surface area contributed by atoms with Crippen molar-refractivity contribution < 1.29 is 29.0 Å². The fraction of sp³-hybridized carbons (Fsp3) is 0.833. The molecule has 1 saturated carbocycles. The fourth-order valence-electron chi connectivity index (χ4n) is 3.90. The molecule has 0 bridgehead atoms. The number of amides is 3. The number of carboxylic acid groups (broad SMARTS) is 1. The molecule has 1 aliphatic carbocycles. The van der Waals surface area contributed by atoms with Crippen LogP contribution in [-0.4, -0.2) is 65.2 Å². The highest BCUT2D eigenvalue weighted by Crippen LogP contribution is 2.29. The Morgan fingerprint density at radius 1 is 1.09 bits per heavy atom. The highest BCUT2D eigenvalue weighted by atomic mass is 32.2. The van der Waals surface area contributed by atoms with Crippen LogP contribution in [0.25, 0.3) is 0 Å². The number of hydrogen-bond donors (Lipinski definition) is 4. The Bertz CT molecular complexity index is 689. The van der Waals surface area contributed by atoms with E-state index in [1.807, 2.05) is 20.1 Å². The number of nitrogens with one attached hydrogen (secondary N) is 3. The molecule has 9 nitrogen and oxygen atoms in total. The molecule has 10 heteroatoms. The summed E-state index contributed by atoms with van der Waals surface area (Å²) in [5.41, 5.74) is -0.648. The van der Waals surface area contributed by atoms with E-state index in [0.29, 0.717) is 31.6 Å². The summed E-state index contributed by atoms with van der Waals surface area (Å²) in [6.45, 7) is 9.66. The summed E-state index contributed by atoms with van der Waals surface area (Å²) in [5, 5.41) is 17.7. The molecule has 3 amide bonds. The van der Waals surface area contributed by atoms with Crippen molar-refractivity contribution in [2.45, 2.75) is 90.8 Å². The average Bonchev–Trinajstić information content (AvgIpc) is 2.76. The van der Waals surface area contributed by atoms with Crippen LogP contribution in [0.4, 0.5) is 4.79 Å². The highest BCUT2D eigenvalue weighted by molar-refractivity contribution is 7.98. The normalized spacial score (nSPS) is 21.0. The summed E-state index contributed by atoms with van der Waals surface area (Å²) in [4.78, 5) is 48.9. The van der Waals surface area contributed by atoms with E-state index in [9.17, 15) is 24.3 Å². The Morgan fingerprint density at radius 3 is 2.21 bits per heavy atom. The molecule has 0 aromatic carbocycles. The zero-order valence-corrected chi connectivity index (χ0v) is 22.3. The van der Waals surface area contributed by atoms with Gasteiger partial charge in [0.2, 0.25) is 11.8 Å². The number of carbonyl (C=O) groups excluding carboxylic acids is 3. The van der Waals surface area contributed by atoms with Gasteiger partial charge in [0.05, 0.1) is 0 Å². The molecule has 0 saturated heterocycles. The van der Waals surface area contributed by atoms with Crippen molar-refractivity contribution in [1.82, 2.24) is 16.0 Å². The summed E-state index contributed by atoms with van der Waals surface area (Å²) in [7, 11) is 0. The fourth-order valence-corrected chi connectivity index (χ4v) is 4.37. The maximum Gasteiger partial charge on any atom is 0.408 e. The molecule has 0 spiro atoms. The molecular formula is C24H43N3O6S. The minimum absolute atomic E-state index is 0.0553. The van der Waals surface area contributed by atoms with Gasteiger partial charge in [-0.25, -0.2) is 9.59 Å². The average molecular weight is 502 g/mol. The van der Waals surface area contributed by atoms with Gasteiger partial charge in [0.1, 0.15) is 17.7 Å². The predicted molar refractivity (Wildman–Crippen MR) is 134 cm³/mol. The quantitative estimate of drug-likeness (QED) is 0.323. The Morgan fingerprint density at radius 2 is 1.71 bits per heavy atom.